The predicted molar refractivity (Wildman–Crippen MR) is 91.4 cm³/mol. The van der Waals surface area contributed by atoms with Crippen LogP contribution < -0.4 is 15.8 Å². The molecule has 0 atom stereocenters. The molecule has 2 aromatic carbocycles. The van der Waals surface area contributed by atoms with Crippen molar-refractivity contribution in [1.29, 1.82) is 0 Å². The summed E-state index contributed by atoms with van der Waals surface area (Å²) in [6.07, 6.45) is 0.262. The number of hydrogen-bond acceptors (Lipinski definition) is 3. The van der Waals surface area contributed by atoms with E-state index in [0.717, 1.165) is 14.6 Å². The van der Waals surface area contributed by atoms with Crippen LogP contribution in [0.3, 0.4) is 0 Å². The lowest BCUT2D eigenvalue weighted by Gasteiger charge is -2.10. The summed E-state index contributed by atoms with van der Waals surface area (Å²) in [6.45, 7) is 0.294. The maximum atomic E-state index is 11.8. The number of carbonyl (C=O) groups is 1. The number of carbonyl (C=O) groups excluding carboxylic acids is 1. The molecule has 0 saturated carbocycles. The Kier molecular flexibility index (Phi) is 5.64. The number of para-hydroxylation sites is 1. The molecule has 0 aliphatic rings. The third kappa shape index (κ3) is 4.75. The van der Waals surface area contributed by atoms with Crippen LogP contribution in [0.1, 0.15) is 6.42 Å². The number of anilines is 2. The van der Waals surface area contributed by atoms with Gasteiger partial charge in [-0.25, -0.2) is 0 Å². The van der Waals surface area contributed by atoms with Crippen molar-refractivity contribution in [3.05, 3.63) is 51.4 Å². The fourth-order valence-corrected chi connectivity index (χ4v) is 2.88. The summed E-state index contributed by atoms with van der Waals surface area (Å²) in [6, 6.07) is 12.7. The first kappa shape index (κ1) is 15.9. The topological polar surface area (TPSA) is 64.3 Å². The van der Waals surface area contributed by atoms with Crippen LogP contribution in [0.15, 0.2) is 51.4 Å². The van der Waals surface area contributed by atoms with Gasteiger partial charge in [-0.3, -0.25) is 4.79 Å². The van der Waals surface area contributed by atoms with E-state index in [1.807, 2.05) is 18.2 Å². The van der Waals surface area contributed by atoms with Crippen molar-refractivity contribution in [1.82, 2.24) is 0 Å². The van der Waals surface area contributed by atoms with Crippen molar-refractivity contribution in [2.45, 2.75) is 6.42 Å². The molecule has 1 amide bonds. The second-order valence-corrected chi connectivity index (χ2v) is 6.03. The predicted octanol–water partition coefficient (Wildman–Crippen LogP) is 4.20. The van der Waals surface area contributed by atoms with Gasteiger partial charge in [-0.2, -0.15) is 0 Å². The minimum absolute atomic E-state index is 0.108. The van der Waals surface area contributed by atoms with E-state index in [-0.39, 0.29) is 12.3 Å². The van der Waals surface area contributed by atoms with Gasteiger partial charge in [0.1, 0.15) is 5.75 Å². The van der Waals surface area contributed by atoms with E-state index >= 15 is 0 Å². The number of halogens is 2. The van der Waals surface area contributed by atoms with Gasteiger partial charge in [-0.1, -0.05) is 6.07 Å². The molecule has 0 bridgehead atoms. The van der Waals surface area contributed by atoms with E-state index in [1.54, 1.807) is 24.3 Å². The Balaban J connectivity index is 1.83. The number of nitrogen functional groups attached to an aromatic ring is 1. The van der Waals surface area contributed by atoms with E-state index < -0.39 is 0 Å². The smallest absolute Gasteiger partial charge is 0.227 e. The normalized spacial score (nSPS) is 10.2. The highest BCUT2D eigenvalue weighted by atomic mass is 79.9. The molecule has 0 aromatic heterocycles. The van der Waals surface area contributed by atoms with Crippen molar-refractivity contribution in [2.75, 3.05) is 17.7 Å². The minimum atomic E-state index is -0.108. The van der Waals surface area contributed by atoms with E-state index in [4.69, 9.17) is 10.5 Å². The number of amides is 1. The number of nitrogens with two attached hydrogens (primary N) is 1. The van der Waals surface area contributed by atoms with Crippen molar-refractivity contribution in [3.63, 3.8) is 0 Å². The summed E-state index contributed by atoms with van der Waals surface area (Å²) in [5, 5.41) is 2.79. The first-order valence-electron chi connectivity index (χ1n) is 6.28. The largest absolute Gasteiger partial charge is 0.491 e. The lowest BCUT2D eigenvalue weighted by atomic mass is 10.3. The SMILES string of the molecule is Nc1ccc(NC(=O)CCOc2c(Br)cccc2Br)cc1. The minimum Gasteiger partial charge on any atom is -0.491 e. The first-order chi connectivity index (χ1) is 10.1. The monoisotopic (exact) mass is 412 g/mol. The zero-order valence-corrected chi connectivity index (χ0v) is 14.3. The van der Waals surface area contributed by atoms with Gasteiger partial charge in [0.2, 0.25) is 5.91 Å². The maximum Gasteiger partial charge on any atom is 0.227 e. The Morgan fingerprint density at radius 2 is 1.71 bits per heavy atom. The molecule has 110 valence electrons. The highest BCUT2D eigenvalue weighted by Crippen LogP contribution is 2.32. The average Bonchev–Trinajstić information content (AvgIpc) is 2.45. The highest BCUT2D eigenvalue weighted by Gasteiger charge is 2.07. The van der Waals surface area contributed by atoms with Crippen LogP contribution in [0.25, 0.3) is 0 Å². The molecule has 0 fully saturated rings. The summed E-state index contributed by atoms with van der Waals surface area (Å²) >= 11 is 6.81. The molecule has 4 nitrogen and oxygen atoms in total. The summed E-state index contributed by atoms with van der Waals surface area (Å²) in [7, 11) is 0. The van der Waals surface area contributed by atoms with Crippen LogP contribution in [0.2, 0.25) is 0 Å². The van der Waals surface area contributed by atoms with Crippen LogP contribution in [0.5, 0.6) is 5.75 Å². The Morgan fingerprint density at radius 3 is 2.33 bits per heavy atom. The molecule has 6 heteroatoms. The van der Waals surface area contributed by atoms with Gasteiger partial charge in [0.25, 0.3) is 0 Å². The van der Waals surface area contributed by atoms with E-state index in [9.17, 15) is 4.79 Å². The maximum absolute atomic E-state index is 11.8. The second-order valence-electron chi connectivity index (χ2n) is 4.32. The fraction of sp³-hybridized carbons (Fsp3) is 0.133. The van der Waals surface area contributed by atoms with Crippen molar-refractivity contribution >= 4 is 49.1 Å². The molecular weight excluding hydrogens is 400 g/mol. The van der Waals surface area contributed by atoms with Crippen LogP contribution >= 0.6 is 31.9 Å². The number of hydrogen-bond donors (Lipinski definition) is 2. The Hall–Kier alpha value is -1.53. The lowest BCUT2D eigenvalue weighted by Crippen LogP contribution is -2.15. The molecule has 0 aliphatic heterocycles. The van der Waals surface area contributed by atoms with Crippen LogP contribution in [-0.2, 0) is 4.79 Å². The molecule has 0 radical (unpaired) electrons. The molecule has 0 spiro atoms. The summed E-state index contributed by atoms with van der Waals surface area (Å²) in [5.41, 5.74) is 6.97. The van der Waals surface area contributed by atoms with Gasteiger partial charge in [0, 0.05) is 11.4 Å². The van der Waals surface area contributed by atoms with Crippen molar-refractivity contribution in [2.24, 2.45) is 0 Å². The standard InChI is InChI=1S/C15H14Br2N2O2/c16-12-2-1-3-13(17)15(12)21-9-8-14(20)19-11-6-4-10(18)5-7-11/h1-7H,8-9,18H2,(H,19,20). The number of nitrogens with one attached hydrogen (secondary N) is 1. The zero-order chi connectivity index (χ0) is 15.2. The zero-order valence-electron chi connectivity index (χ0n) is 11.1. The van der Waals surface area contributed by atoms with E-state index in [2.05, 4.69) is 37.2 Å². The number of rotatable bonds is 5. The first-order valence-corrected chi connectivity index (χ1v) is 7.87. The van der Waals surface area contributed by atoms with Crippen molar-refractivity contribution in [3.8, 4) is 5.75 Å². The summed E-state index contributed by atoms with van der Waals surface area (Å²) in [4.78, 5) is 11.8. The van der Waals surface area contributed by atoms with E-state index in [1.165, 1.54) is 0 Å². The third-order valence-electron chi connectivity index (χ3n) is 2.69. The van der Waals surface area contributed by atoms with Gasteiger partial charge in [-0.05, 0) is 68.3 Å². The molecule has 0 heterocycles. The van der Waals surface area contributed by atoms with Crippen LogP contribution in [0.4, 0.5) is 11.4 Å². The Labute approximate surface area is 139 Å². The van der Waals surface area contributed by atoms with Gasteiger partial charge < -0.3 is 15.8 Å². The fourth-order valence-electron chi connectivity index (χ4n) is 1.66. The molecule has 0 aliphatic carbocycles. The summed E-state index contributed by atoms with van der Waals surface area (Å²) < 4.78 is 7.31. The molecule has 21 heavy (non-hydrogen) atoms. The van der Waals surface area contributed by atoms with Crippen LogP contribution in [0, 0.1) is 0 Å². The second kappa shape index (κ2) is 7.47. The molecule has 2 rings (SSSR count). The average molecular weight is 414 g/mol. The number of benzene rings is 2. The van der Waals surface area contributed by atoms with Crippen LogP contribution in [-0.4, -0.2) is 12.5 Å². The molecular formula is C15H14Br2N2O2. The summed E-state index contributed by atoms with van der Waals surface area (Å²) in [5.74, 6) is 0.584. The molecule has 0 unspecified atom stereocenters. The third-order valence-corrected chi connectivity index (χ3v) is 3.94. The highest BCUT2D eigenvalue weighted by molar-refractivity contribution is 9.11. The molecule has 2 aromatic rings. The Morgan fingerprint density at radius 1 is 1.10 bits per heavy atom. The van der Waals surface area contributed by atoms with Gasteiger partial charge in [0.15, 0.2) is 0 Å². The van der Waals surface area contributed by atoms with Gasteiger partial charge >= 0.3 is 0 Å². The van der Waals surface area contributed by atoms with E-state index in [0.29, 0.717) is 18.0 Å². The van der Waals surface area contributed by atoms with Crippen molar-refractivity contribution < 1.29 is 9.53 Å². The van der Waals surface area contributed by atoms with Gasteiger partial charge in [-0.15, -0.1) is 0 Å². The lowest BCUT2D eigenvalue weighted by molar-refractivity contribution is -0.116. The van der Waals surface area contributed by atoms with Gasteiger partial charge in [0.05, 0.1) is 22.0 Å². The Bertz CT molecular complexity index is 610. The quantitative estimate of drug-likeness (QED) is 0.722. The number of ether oxygens (including phenoxy) is 1. The molecule has 3 N–H and O–H groups in total. The molecule has 0 saturated heterocycles.